The minimum absolute atomic E-state index is 0.0711. The number of benzene rings is 2. The first-order valence-electron chi connectivity index (χ1n) is 6.65. The minimum Gasteiger partial charge on any atom is -0.452 e. The monoisotopic (exact) mass is 401 g/mol. The quantitative estimate of drug-likeness (QED) is 0.778. The lowest BCUT2D eigenvalue weighted by Gasteiger charge is -2.08. The van der Waals surface area contributed by atoms with E-state index in [1.165, 1.54) is 0 Å². The molecule has 24 heavy (non-hydrogen) atoms. The Bertz CT molecular complexity index is 745. The number of alkyl halides is 3. The molecule has 2 rings (SSSR count). The van der Waals surface area contributed by atoms with E-state index in [1.807, 2.05) is 0 Å². The number of esters is 1. The molecular formula is C16H11BrF3NO3. The highest BCUT2D eigenvalue weighted by atomic mass is 79.9. The van der Waals surface area contributed by atoms with E-state index >= 15 is 0 Å². The Labute approximate surface area is 143 Å². The molecule has 2 aromatic rings. The Kier molecular flexibility index (Phi) is 5.61. The van der Waals surface area contributed by atoms with Crippen molar-refractivity contribution < 1.29 is 27.5 Å². The standard InChI is InChI=1S/C16H11BrF3NO3/c17-12-2-1-3-13(8-12)21-14(22)9-24-15(23)10-4-6-11(7-5-10)16(18,19)20/h1-8H,9H2,(H,21,22). The molecule has 8 heteroatoms. The van der Waals surface area contributed by atoms with Crippen LogP contribution in [0.3, 0.4) is 0 Å². The van der Waals surface area contributed by atoms with E-state index < -0.39 is 30.2 Å². The SMILES string of the molecule is O=C(COC(=O)c1ccc(C(F)(F)F)cc1)Nc1cccc(Br)c1. The number of carbonyl (C=O) groups is 2. The molecule has 126 valence electrons. The third-order valence-electron chi connectivity index (χ3n) is 2.89. The van der Waals surface area contributed by atoms with Gasteiger partial charge in [0.15, 0.2) is 6.61 Å². The number of ether oxygens (including phenoxy) is 1. The van der Waals surface area contributed by atoms with E-state index in [0.29, 0.717) is 5.69 Å². The lowest BCUT2D eigenvalue weighted by Crippen LogP contribution is -2.21. The number of carbonyl (C=O) groups excluding carboxylic acids is 2. The number of halogens is 4. The smallest absolute Gasteiger partial charge is 0.416 e. The fraction of sp³-hybridized carbons (Fsp3) is 0.125. The van der Waals surface area contributed by atoms with Crippen molar-refractivity contribution in [3.8, 4) is 0 Å². The summed E-state index contributed by atoms with van der Waals surface area (Å²) < 4.78 is 42.9. The van der Waals surface area contributed by atoms with Crippen molar-refractivity contribution in [2.45, 2.75) is 6.18 Å². The molecule has 0 aliphatic carbocycles. The van der Waals surface area contributed by atoms with Gasteiger partial charge in [0.2, 0.25) is 0 Å². The van der Waals surface area contributed by atoms with Gasteiger partial charge in [0.25, 0.3) is 5.91 Å². The van der Waals surface area contributed by atoms with Crippen LogP contribution in [0.4, 0.5) is 18.9 Å². The predicted octanol–water partition coefficient (Wildman–Crippen LogP) is 4.26. The van der Waals surface area contributed by atoms with Gasteiger partial charge in [0, 0.05) is 10.2 Å². The van der Waals surface area contributed by atoms with Crippen LogP contribution in [0.1, 0.15) is 15.9 Å². The second kappa shape index (κ2) is 7.48. The minimum atomic E-state index is -4.48. The Hall–Kier alpha value is -2.35. The normalized spacial score (nSPS) is 11.0. The van der Waals surface area contributed by atoms with Gasteiger partial charge in [0.05, 0.1) is 11.1 Å². The number of nitrogens with one attached hydrogen (secondary N) is 1. The van der Waals surface area contributed by atoms with Crippen LogP contribution in [0.15, 0.2) is 53.0 Å². The summed E-state index contributed by atoms with van der Waals surface area (Å²) in [5.41, 5.74) is -0.426. The van der Waals surface area contributed by atoms with Crippen molar-refractivity contribution in [2.24, 2.45) is 0 Å². The first kappa shape index (κ1) is 18.0. The van der Waals surface area contributed by atoms with Gasteiger partial charge in [-0.3, -0.25) is 4.79 Å². The summed E-state index contributed by atoms with van der Waals surface area (Å²) in [4.78, 5) is 23.4. The van der Waals surface area contributed by atoms with E-state index in [0.717, 1.165) is 28.7 Å². The van der Waals surface area contributed by atoms with Crippen LogP contribution in [0.2, 0.25) is 0 Å². The van der Waals surface area contributed by atoms with Crippen LogP contribution in [-0.4, -0.2) is 18.5 Å². The van der Waals surface area contributed by atoms with E-state index in [-0.39, 0.29) is 5.56 Å². The molecule has 0 aliphatic rings. The van der Waals surface area contributed by atoms with Crippen molar-refractivity contribution in [3.63, 3.8) is 0 Å². The average molecular weight is 402 g/mol. The van der Waals surface area contributed by atoms with Gasteiger partial charge in [-0.05, 0) is 42.5 Å². The molecule has 0 radical (unpaired) electrons. The van der Waals surface area contributed by atoms with Crippen molar-refractivity contribution in [2.75, 3.05) is 11.9 Å². The summed E-state index contributed by atoms with van der Waals surface area (Å²) >= 11 is 3.25. The highest BCUT2D eigenvalue weighted by Crippen LogP contribution is 2.29. The topological polar surface area (TPSA) is 55.4 Å². The molecule has 0 unspecified atom stereocenters. The molecule has 0 atom stereocenters. The Balaban J connectivity index is 1.89. The molecule has 0 aliphatic heterocycles. The molecule has 4 nitrogen and oxygen atoms in total. The summed E-state index contributed by atoms with van der Waals surface area (Å²) in [5.74, 6) is -1.44. The van der Waals surface area contributed by atoms with Crippen LogP contribution in [-0.2, 0) is 15.7 Å². The zero-order valence-corrected chi connectivity index (χ0v) is 13.6. The summed E-state index contributed by atoms with van der Waals surface area (Å²) in [5, 5.41) is 2.52. The number of rotatable bonds is 4. The average Bonchev–Trinajstić information content (AvgIpc) is 2.52. The molecule has 1 amide bonds. The van der Waals surface area contributed by atoms with Gasteiger partial charge in [-0.15, -0.1) is 0 Å². The molecule has 0 heterocycles. The van der Waals surface area contributed by atoms with Crippen molar-refractivity contribution in [1.29, 1.82) is 0 Å². The molecule has 0 saturated heterocycles. The van der Waals surface area contributed by atoms with Gasteiger partial charge in [-0.2, -0.15) is 13.2 Å². The Morgan fingerprint density at radius 2 is 1.75 bits per heavy atom. The molecule has 2 aromatic carbocycles. The van der Waals surface area contributed by atoms with Crippen molar-refractivity contribution in [1.82, 2.24) is 0 Å². The maximum atomic E-state index is 12.4. The number of anilines is 1. The van der Waals surface area contributed by atoms with E-state index in [4.69, 9.17) is 4.74 Å². The van der Waals surface area contributed by atoms with Gasteiger partial charge in [-0.1, -0.05) is 22.0 Å². The molecule has 0 bridgehead atoms. The maximum Gasteiger partial charge on any atom is 0.416 e. The third kappa shape index (κ3) is 5.09. The Morgan fingerprint density at radius 1 is 1.08 bits per heavy atom. The van der Waals surface area contributed by atoms with Crippen molar-refractivity contribution >= 4 is 33.5 Å². The predicted molar refractivity (Wildman–Crippen MR) is 84.5 cm³/mol. The highest BCUT2D eigenvalue weighted by molar-refractivity contribution is 9.10. The largest absolute Gasteiger partial charge is 0.452 e. The molecule has 0 fully saturated rings. The summed E-state index contributed by atoms with van der Waals surface area (Å²) in [6, 6.07) is 10.4. The first-order valence-corrected chi connectivity index (χ1v) is 7.45. The van der Waals surface area contributed by atoms with Crippen LogP contribution in [0.25, 0.3) is 0 Å². The molecular weight excluding hydrogens is 391 g/mol. The molecule has 1 N–H and O–H groups in total. The molecule has 0 saturated carbocycles. The van der Waals surface area contributed by atoms with Crippen LogP contribution < -0.4 is 5.32 Å². The number of hydrogen-bond acceptors (Lipinski definition) is 3. The van der Waals surface area contributed by atoms with E-state index in [2.05, 4.69) is 21.2 Å². The van der Waals surface area contributed by atoms with Gasteiger partial charge < -0.3 is 10.1 Å². The van der Waals surface area contributed by atoms with Gasteiger partial charge in [-0.25, -0.2) is 4.79 Å². The fourth-order valence-electron chi connectivity index (χ4n) is 1.77. The van der Waals surface area contributed by atoms with Crippen LogP contribution in [0.5, 0.6) is 0 Å². The Morgan fingerprint density at radius 3 is 2.33 bits per heavy atom. The summed E-state index contributed by atoms with van der Waals surface area (Å²) in [6.45, 7) is -0.549. The first-order chi connectivity index (χ1) is 11.3. The second-order valence-corrected chi connectivity index (χ2v) is 5.63. The lowest BCUT2D eigenvalue weighted by atomic mass is 10.1. The van der Waals surface area contributed by atoms with Crippen LogP contribution >= 0.6 is 15.9 Å². The zero-order chi connectivity index (χ0) is 17.7. The highest BCUT2D eigenvalue weighted by Gasteiger charge is 2.30. The zero-order valence-electron chi connectivity index (χ0n) is 12.1. The van der Waals surface area contributed by atoms with E-state index in [9.17, 15) is 22.8 Å². The summed E-state index contributed by atoms with van der Waals surface area (Å²) in [6.07, 6.45) is -4.48. The fourth-order valence-corrected chi connectivity index (χ4v) is 2.17. The number of amides is 1. The maximum absolute atomic E-state index is 12.4. The second-order valence-electron chi connectivity index (χ2n) is 4.71. The molecule has 0 aromatic heterocycles. The van der Waals surface area contributed by atoms with E-state index in [1.54, 1.807) is 24.3 Å². The molecule has 0 spiro atoms. The van der Waals surface area contributed by atoms with Crippen molar-refractivity contribution in [3.05, 3.63) is 64.1 Å². The number of hydrogen-bond donors (Lipinski definition) is 1. The summed E-state index contributed by atoms with van der Waals surface area (Å²) in [7, 11) is 0. The third-order valence-corrected chi connectivity index (χ3v) is 3.38. The lowest BCUT2D eigenvalue weighted by molar-refractivity contribution is -0.137. The van der Waals surface area contributed by atoms with Gasteiger partial charge in [0.1, 0.15) is 0 Å². The van der Waals surface area contributed by atoms with Gasteiger partial charge >= 0.3 is 12.1 Å². The van der Waals surface area contributed by atoms with Crippen LogP contribution in [0, 0.1) is 0 Å².